The Morgan fingerprint density at radius 2 is 1.62 bits per heavy atom. The highest BCUT2D eigenvalue weighted by Gasteiger charge is 2.15. The van der Waals surface area contributed by atoms with Crippen LogP contribution in [0.4, 0.5) is 5.82 Å². The van der Waals surface area contributed by atoms with Gasteiger partial charge in [0.05, 0.1) is 5.56 Å². The smallest absolute Gasteiger partial charge is 0.358 e. The highest BCUT2D eigenvalue weighted by atomic mass is 35.5. The first-order valence-corrected chi connectivity index (χ1v) is 6.07. The van der Waals surface area contributed by atoms with Crippen molar-refractivity contribution in [3.63, 3.8) is 0 Å². The molecule has 0 aliphatic rings. The number of imide groups is 1. The summed E-state index contributed by atoms with van der Waals surface area (Å²) in [5.41, 5.74) is 0.311. The van der Waals surface area contributed by atoms with Crippen LogP contribution in [0.1, 0.15) is 20.7 Å². The van der Waals surface area contributed by atoms with E-state index in [1.807, 2.05) is 0 Å². The van der Waals surface area contributed by atoms with Gasteiger partial charge in [-0.15, -0.1) is 0 Å². The topological polar surface area (TPSA) is 102 Å². The molecule has 2 amide bonds. The third-order valence-electron chi connectivity index (χ3n) is 2.53. The lowest BCUT2D eigenvalue weighted by atomic mass is 10.2. The fourth-order valence-electron chi connectivity index (χ4n) is 1.48. The summed E-state index contributed by atoms with van der Waals surface area (Å²) in [6.45, 7) is 0. The Morgan fingerprint density at radius 1 is 1.05 bits per heavy atom. The zero-order valence-electron chi connectivity index (χ0n) is 10.4. The number of carbonyl (C=O) groups is 2. The summed E-state index contributed by atoms with van der Waals surface area (Å²) in [6, 6.07) is 8.29. The summed E-state index contributed by atoms with van der Waals surface area (Å²) < 4.78 is 0. The number of rotatable bonds is 3. The Kier molecular flexibility index (Phi) is 4.24. The van der Waals surface area contributed by atoms with Crippen LogP contribution in [0.15, 0.2) is 42.6 Å². The quantitative estimate of drug-likeness (QED) is 0.532. The molecule has 2 aromatic rings. The van der Waals surface area contributed by atoms with E-state index in [0.717, 1.165) is 12.3 Å². The maximum atomic E-state index is 11.8. The largest absolute Gasteiger partial charge is 0.363 e. The number of nitro groups is 1. The molecular formula is C13H8ClN3O4. The lowest BCUT2D eigenvalue weighted by Crippen LogP contribution is -2.30. The van der Waals surface area contributed by atoms with Crippen LogP contribution < -0.4 is 5.32 Å². The van der Waals surface area contributed by atoms with E-state index in [1.165, 1.54) is 30.3 Å². The predicted molar refractivity (Wildman–Crippen MR) is 74.1 cm³/mol. The first kappa shape index (κ1) is 14.6. The SMILES string of the molecule is O=C(NC(=O)c1ccc([N+](=O)[O-])nc1)c1ccc(Cl)cc1. The van der Waals surface area contributed by atoms with Crippen molar-refractivity contribution in [1.29, 1.82) is 0 Å². The van der Waals surface area contributed by atoms with Crippen LogP contribution in [0.5, 0.6) is 0 Å². The summed E-state index contributed by atoms with van der Waals surface area (Å²) in [4.78, 5) is 36.9. The summed E-state index contributed by atoms with van der Waals surface area (Å²) >= 11 is 5.70. The molecule has 8 heteroatoms. The standard InChI is InChI=1S/C13H8ClN3O4/c14-10-4-1-8(2-5-10)12(18)16-13(19)9-3-6-11(15-7-9)17(20)21/h1-7H,(H,16,18,19). The van der Waals surface area contributed by atoms with Crippen molar-refractivity contribution >= 4 is 29.2 Å². The average molecular weight is 306 g/mol. The van der Waals surface area contributed by atoms with Crippen LogP contribution >= 0.6 is 11.6 Å². The number of nitrogens with zero attached hydrogens (tertiary/aromatic N) is 2. The summed E-state index contributed by atoms with van der Waals surface area (Å²) in [6.07, 6.45) is 1.03. The van der Waals surface area contributed by atoms with Gasteiger partial charge in [0.1, 0.15) is 0 Å². The van der Waals surface area contributed by atoms with E-state index in [2.05, 4.69) is 10.3 Å². The van der Waals surface area contributed by atoms with E-state index in [1.54, 1.807) is 0 Å². The Balaban J connectivity index is 2.08. The number of halogens is 1. The van der Waals surface area contributed by atoms with E-state index in [0.29, 0.717) is 5.02 Å². The molecule has 0 atom stereocenters. The monoisotopic (exact) mass is 305 g/mol. The Labute approximate surface area is 123 Å². The first-order chi connectivity index (χ1) is 9.97. The average Bonchev–Trinajstić information content (AvgIpc) is 2.47. The van der Waals surface area contributed by atoms with E-state index in [9.17, 15) is 19.7 Å². The van der Waals surface area contributed by atoms with Gasteiger partial charge in [-0.3, -0.25) is 14.9 Å². The second-order valence-electron chi connectivity index (χ2n) is 3.95. The molecule has 0 unspecified atom stereocenters. The molecule has 0 radical (unpaired) electrons. The second-order valence-corrected chi connectivity index (χ2v) is 4.39. The van der Waals surface area contributed by atoms with E-state index in [4.69, 9.17) is 11.6 Å². The molecule has 21 heavy (non-hydrogen) atoms. The molecule has 1 N–H and O–H groups in total. The highest BCUT2D eigenvalue weighted by Crippen LogP contribution is 2.10. The van der Waals surface area contributed by atoms with Crippen LogP contribution in [0.3, 0.4) is 0 Å². The van der Waals surface area contributed by atoms with Crippen molar-refractivity contribution in [2.24, 2.45) is 0 Å². The molecular weight excluding hydrogens is 298 g/mol. The second kappa shape index (κ2) is 6.10. The van der Waals surface area contributed by atoms with Gasteiger partial charge in [0.25, 0.3) is 11.8 Å². The molecule has 7 nitrogen and oxygen atoms in total. The molecule has 1 aromatic heterocycles. The molecule has 0 bridgehead atoms. The van der Waals surface area contributed by atoms with Gasteiger partial charge in [-0.25, -0.2) is 0 Å². The number of aromatic nitrogens is 1. The van der Waals surface area contributed by atoms with Gasteiger partial charge in [-0.05, 0) is 40.2 Å². The fraction of sp³-hybridized carbons (Fsp3) is 0. The van der Waals surface area contributed by atoms with E-state index >= 15 is 0 Å². The number of hydrogen-bond acceptors (Lipinski definition) is 5. The molecule has 0 saturated carbocycles. The first-order valence-electron chi connectivity index (χ1n) is 5.69. The van der Waals surface area contributed by atoms with Gasteiger partial charge >= 0.3 is 5.82 Å². The van der Waals surface area contributed by atoms with Gasteiger partial charge in [-0.1, -0.05) is 11.6 Å². The minimum atomic E-state index is -0.697. The summed E-state index contributed by atoms with van der Waals surface area (Å²) in [5, 5.41) is 13.1. The van der Waals surface area contributed by atoms with Crippen molar-refractivity contribution in [2.45, 2.75) is 0 Å². The Morgan fingerprint density at radius 3 is 2.14 bits per heavy atom. The molecule has 1 heterocycles. The van der Waals surface area contributed by atoms with Crippen LogP contribution in [0.25, 0.3) is 0 Å². The van der Waals surface area contributed by atoms with Gasteiger partial charge in [0.2, 0.25) is 0 Å². The zero-order chi connectivity index (χ0) is 15.4. The predicted octanol–water partition coefficient (Wildman–Crippen LogP) is 2.21. The number of pyridine rings is 1. The summed E-state index contributed by atoms with van der Waals surface area (Å²) in [7, 11) is 0. The maximum absolute atomic E-state index is 11.8. The highest BCUT2D eigenvalue weighted by molar-refractivity contribution is 6.30. The van der Waals surface area contributed by atoms with Crippen molar-refractivity contribution < 1.29 is 14.5 Å². The van der Waals surface area contributed by atoms with Crippen LogP contribution in [-0.4, -0.2) is 21.7 Å². The van der Waals surface area contributed by atoms with Gasteiger partial charge in [-0.2, -0.15) is 0 Å². The molecule has 1 aromatic carbocycles. The molecule has 0 aliphatic carbocycles. The number of amides is 2. The lowest BCUT2D eigenvalue weighted by Gasteiger charge is -2.03. The van der Waals surface area contributed by atoms with E-state index < -0.39 is 16.7 Å². The maximum Gasteiger partial charge on any atom is 0.363 e. The third kappa shape index (κ3) is 3.61. The molecule has 0 spiro atoms. The minimum Gasteiger partial charge on any atom is -0.358 e. The lowest BCUT2D eigenvalue weighted by molar-refractivity contribution is -0.389. The van der Waals surface area contributed by atoms with Crippen LogP contribution in [0, 0.1) is 10.1 Å². The minimum absolute atomic E-state index is 0.0444. The van der Waals surface area contributed by atoms with Crippen molar-refractivity contribution in [3.8, 4) is 0 Å². The number of nitrogens with one attached hydrogen (secondary N) is 1. The van der Waals surface area contributed by atoms with Crippen molar-refractivity contribution in [2.75, 3.05) is 0 Å². The molecule has 2 rings (SSSR count). The Hall–Kier alpha value is -2.80. The normalized spacial score (nSPS) is 9.95. The molecule has 0 aliphatic heterocycles. The number of carbonyl (C=O) groups excluding carboxylic acids is 2. The van der Waals surface area contributed by atoms with Crippen molar-refractivity contribution in [3.05, 3.63) is 68.9 Å². The summed E-state index contributed by atoms with van der Waals surface area (Å²) in [5.74, 6) is -1.68. The van der Waals surface area contributed by atoms with Crippen LogP contribution in [0.2, 0.25) is 5.02 Å². The third-order valence-corrected chi connectivity index (χ3v) is 2.78. The van der Waals surface area contributed by atoms with E-state index in [-0.39, 0.29) is 16.9 Å². The number of hydrogen-bond donors (Lipinski definition) is 1. The van der Waals surface area contributed by atoms with Gasteiger partial charge in [0, 0.05) is 16.7 Å². The zero-order valence-corrected chi connectivity index (χ0v) is 11.2. The fourth-order valence-corrected chi connectivity index (χ4v) is 1.60. The Bertz CT molecular complexity index is 698. The van der Waals surface area contributed by atoms with Gasteiger partial charge < -0.3 is 10.1 Å². The molecule has 0 fully saturated rings. The van der Waals surface area contributed by atoms with Crippen molar-refractivity contribution in [1.82, 2.24) is 10.3 Å². The number of benzene rings is 1. The van der Waals surface area contributed by atoms with Crippen LogP contribution in [-0.2, 0) is 0 Å². The molecule has 0 saturated heterocycles. The molecule has 106 valence electrons. The van der Waals surface area contributed by atoms with Gasteiger partial charge in [0.15, 0.2) is 6.20 Å².